The van der Waals surface area contributed by atoms with Crippen molar-refractivity contribution in [2.24, 2.45) is 0 Å². The average Bonchev–Trinajstić information content (AvgIpc) is 3.19. The van der Waals surface area contributed by atoms with E-state index in [-0.39, 0.29) is 27.7 Å². The van der Waals surface area contributed by atoms with Crippen molar-refractivity contribution in [3.8, 4) is 11.6 Å². The van der Waals surface area contributed by atoms with Crippen molar-refractivity contribution in [1.29, 1.82) is 0 Å². The summed E-state index contributed by atoms with van der Waals surface area (Å²) < 4.78 is 45.0. The number of likely N-dealkylation sites (tertiary alicyclic amines) is 1. The van der Waals surface area contributed by atoms with Gasteiger partial charge in [0.25, 0.3) is 0 Å². The van der Waals surface area contributed by atoms with Crippen LogP contribution >= 0.6 is 23.2 Å². The lowest BCUT2D eigenvalue weighted by molar-refractivity contribution is -0.137. The highest BCUT2D eigenvalue weighted by molar-refractivity contribution is 6.37. The Morgan fingerprint density at radius 2 is 1.73 bits per heavy atom. The van der Waals surface area contributed by atoms with Gasteiger partial charge in [-0.1, -0.05) is 23.2 Å². The lowest BCUT2D eigenvalue weighted by Gasteiger charge is -2.15. The molecule has 1 aromatic carbocycles. The maximum Gasteiger partial charge on any atom is 0.416 e. The first-order valence-corrected chi connectivity index (χ1v) is 8.52. The van der Waals surface area contributed by atoms with Gasteiger partial charge in [0.05, 0.1) is 21.3 Å². The molecule has 26 heavy (non-hydrogen) atoms. The molecule has 3 rings (SSSR count). The van der Waals surface area contributed by atoms with Crippen LogP contribution in [0.1, 0.15) is 24.1 Å². The predicted molar refractivity (Wildman–Crippen MR) is 90.1 cm³/mol. The van der Waals surface area contributed by atoms with Crippen LogP contribution in [-0.2, 0) is 6.18 Å². The van der Waals surface area contributed by atoms with Crippen LogP contribution in [0.3, 0.4) is 0 Å². The van der Waals surface area contributed by atoms with Gasteiger partial charge in [0.1, 0.15) is 0 Å². The zero-order valence-corrected chi connectivity index (χ0v) is 15.1. The van der Waals surface area contributed by atoms with Gasteiger partial charge in [-0.15, -0.1) is 5.10 Å². The average molecular weight is 408 g/mol. The van der Waals surface area contributed by atoms with Crippen LogP contribution in [0.4, 0.5) is 18.0 Å². The van der Waals surface area contributed by atoms with Gasteiger partial charge in [-0.05, 0) is 31.9 Å². The molecule has 5 nitrogen and oxygen atoms in total. The van der Waals surface area contributed by atoms with E-state index in [1.54, 1.807) is 11.8 Å². The lowest BCUT2D eigenvalue weighted by Crippen LogP contribution is -2.33. The van der Waals surface area contributed by atoms with Gasteiger partial charge in [-0.2, -0.15) is 17.9 Å². The number of carbonyl (C=O) groups is 1. The summed E-state index contributed by atoms with van der Waals surface area (Å²) in [7, 11) is 0. The Balaban J connectivity index is 1.86. The van der Waals surface area contributed by atoms with E-state index in [1.165, 1.54) is 10.7 Å². The Hall–Kier alpha value is -1.93. The largest absolute Gasteiger partial charge is 0.434 e. The summed E-state index contributed by atoms with van der Waals surface area (Å²) >= 11 is 11.8. The number of hydrogen-bond donors (Lipinski definition) is 0. The molecule has 1 aliphatic rings. The van der Waals surface area contributed by atoms with Gasteiger partial charge in [-0.25, -0.2) is 4.79 Å². The normalized spacial score (nSPS) is 14.8. The third-order valence-corrected chi connectivity index (χ3v) is 4.52. The van der Waals surface area contributed by atoms with E-state index >= 15 is 0 Å². The SMILES string of the molecule is Cc1cc(Oc2c(Cl)cc(C(F)(F)F)cc2Cl)nn1C(=O)N1CCCC1. The number of carbonyl (C=O) groups excluding carboxylic acids is 1. The molecule has 1 saturated heterocycles. The van der Waals surface area contributed by atoms with Gasteiger partial charge >= 0.3 is 12.2 Å². The van der Waals surface area contributed by atoms with Crippen LogP contribution in [0.5, 0.6) is 11.6 Å². The van der Waals surface area contributed by atoms with E-state index in [2.05, 4.69) is 5.10 Å². The topological polar surface area (TPSA) is 47.4 Å². The van der Waals surface area contributed by atoms with Crippen molar-refractivity contribution in [3.05, 3.63) is 39.5 Å². The Morgan fingerprint density at radius 3 is 2.27 bits per heavy atom. The standard InChI is InChI=1S/C16H14Cl2F3N3O2/c1-9-6-13(22-24(9)15(25)23-4-2-3-5-23)26-14-11(17)7-10(8-12(14)18)16(19,20)21/h6-8H,2-5H2,1H3. The summed E-state index contributed by atoms with van der Waals surface area (Å²) in [6.07, 6.45) is -2.70. The summed E-state index contributed by atoms with van der Waals surface area (Å²) in [6, 6.07) is 2.65. The lowest BCUT2D eigenvalue weighted by atomic mass is 10.2. The predicted octanol–water partition coefficient (Wildman–Crippen LogP) is 5.37. The fourth-order valence-electron chi connectivity index (χ4n) is 2.66. The van der Waals surface area contributed by atoms with E-state index in [1.807, 2.05) is 0 Å². The first-order valence-electron chi connectivity index (χ1n) is 7.77. The molecule has 1 fully saturated rings. The number of nitrogens with zero attached hydrogens (tertiary/aromatic N) is 3. The summed E-state index contributed by atoms with van der Waals surface area (Å²) in [5.74, 6) is -0.141. The fourth-order valence-corrected chi connectivity index (χ4v) is 3.22. The molecule has 0 atom stereocenters. The smallest absolute Gasteiger partial charge is 0.416 e. The van der Waals surface area contributed by atoms with Gasteiger partial charge in [0.2, 0.25) is 5.88 Å². The monoisotopic (exact) mass is 407 g/mol. The molecule has 0 radical (unpaired) electrons. The minimum Gasteiger partial charge on any atom is -0.434 e. The molecular formula is C16H14Cl2F3N3O2. The zero-order chi connectivity index (χ0) is 19.1. The molecule has 1 amide bonds. The quantitative estimate of drug-likeness (QED) is 0.671. The van der Waals surface area contributed by atoms with Gasteiger partial charge in [-0.3, -0.25) is 0 Å². The molecule has 1 aliphatic heterocycles. The van der Waals surface area contributed by atoms with Gasteiger partial charge in [0.15, 0.2) is 5.75 Å². The summed E-state index contributed by atoms with van der Waals surface area (Å²) in [4.78, 5) is 14.1. The van der Waals surface area contributed by atoms with E-state index in [0.29, 0.717) is 18.8 Å². The highest BCUT2D eigenvalue weighted by Crippen LogP contribution is 2.41. The molecule has 2 heterocycles. The van der Waals surface area contributed by atoms with E-state index in [0.717, 1.165) is 25.0 Å². The first kappa shape index (κ1) is 18.8. The number of halogens is 5. The van der Waals surface area contributed by atoms with Gasteiger partial charge < -0.3 is 9.64 Å². The highest BCUT2D eigenvalue weighted by Gasteiger charge is 2.32. The fraction of sp³-hybridized carbons (Fsp3) is 0.375. The molecule has 1 aromatic heterocycles. The van der Waals surface area contributed by atoms with Crippen LogP contribution in [-0.4, -0.2) is 33.8 Å². The molecule has 0 aliphatic carbocycles. The zero-order valence-electron chi connectivity index (χ0n) is 13.6. The van der Waals surface area contributed by atoms with Crippen molar-refractivity contribution in [3.63, 3.8) is 0 Å². The number of hydrogen-bond acceptors (Lipinski definition) is 3. The molecule has 0 saturated carbocycles. The van der Waals surface area contributed by atoms with Crippen LogP contribution in [0.15, 0.2) is 18.2 Å². The molecule has 0 bridgehead atoms. The van der Waals surface area contributed by atoms with Crippen molar-refractivity contribution in [2.45, 2.75) is 25.9 Å². The number of benzene rings is 1. The molecule has 140 valence electrons. The van der Waals surface area contributed by atoms with Crippen molar-refractivity contribution in [1.82, 2.24) is 14.7 Å². The number of ether oxygens (including phenoxy) is 1. The van der Waals surface area contributed by atoms with Crippen LogP contribution in [0.2, 0.25) is 10.0 Å². The van der Waals surface area contributed by atoms with Crippen LogP contribution < -0.4 is 4.74 Å². The Bertz CT molecular complexity index is 823. The summed E-state index contributed by atoms with van der Waals surface area (Å²) in [5, 5.41) is 3.46. The Morgan fingerprint density at radius 1 is 1.15 bits per heavy atom. The van der Waals surface area contributed by atoms with Crippen molar-refractivity contribution in [2.75, 3.05) is 13.1 Å². The molecular weight excluding hydrogens is 394 g/mol. The maximum atomic E-state index is 12.8. The highest BCUT2D eigenvalue weighted by atomic mass is 35.5. The molecule has 0 unspecified atom stereocenters. The second-order valence-corrected chi connectivity index (χ2v) is 6.70. The molecule has 2 aromatic rings. The number of rotatable bonds is 2. The third-order valence-electron chi connectivity index (χ3n) is 3.96. The third kappa shape index (κ3) is 3.76. The van der Waals surface area contributed by atoms with E-state index < -0.39 is 11.7 Å². The van der Waals surface area contributed by atoms with Crippen LogP contribution in [0.25, 0.3) is 0 Å². The molecule has 10 heteroatoms. The van der Waals surface area contributed by atoms with E-state index in [9.17, 15) is 18.0 Å². The summed E-state index contributed by atoms with van der Waals surface area (Å²) in [6.45, 7) is 2.99. The molecule has 0 spiro atoms. The number of alkyl halides is 3. The number of aromatic nitrogens is 2. The number of amides is 1. The number of aryl methyl sites for hydroxylation is 1. The van der Waals surface area contributed by atoms with Crippen LogP contribution in [0, 0.1) is 6.92 Å². The van der Waals surface area contributed by atoms with E-state index in [4.69, 9.17) is 27.9 Å². The van der Waals surface area contributed by atoms with Crippen molar-refractivity contribution < 1.29 is 22.7 Å². The van der Waals surface area contributed by atoms with Gasteiger partial charge in [0, 0.05) is 19.2 Å². The Labute approximate surface area is 157 Å². The first-order chi connectivity index (χ1) is 12.2. The maximum absolute atomic E-state index is 12.8. The Kier molecular flexibility index (Phi) is 5.07. The second-order valence-electron chi connectivity index (χ2n) is 5.88. The molecule has 0 N–H and O–H groups in total. The summed E-state index contributed by atoms with van der Waals surface area (Å²) in [5.41, 5.74) is -0.457. The second kappa shape index (κ2) is 7.00. The van der Waals surface area contributed by atoms with Crippen molar-refractivity contribution >= 4 is 29.2 Å². The minimum atomic E-state index is -4.58. The minimum absolute atomic E-state index is 0.0126.